The highest BCUT2D eigenvalue weighted by molar-refractivity contribution is 7.10. The van der Waals surface area contributed by atoms with Crippen LogP contribution in [0.25, 0.3) is 11.1 Å². The molecule has 0 radical (unpaired) electrons. The van der Waals surface area contributed by atoms with Gasteiger partial charge in [-0.2, -0.15) is 5.10 Å². The predicted octanol–water partition coefficient (Wildman–Crippen LogP) is 2.89. The van der Waals surface area contributed by atoms with E-state index in [1.54, 1.807) is 25.4 Å². The predicted molar refractivity (Wildman–Crippen MR) is 92.9 cm³/mol. The average Bonchev–Trinajstić information content (AvgIpc) is 3.31. The Hall–Kier alpha value is -2.67. The molecule has 1 amide bonds. The number of aromatic nitrogens is 3. The summed E-state index contributed by atoms with van der Waals surface area (Å²) in [6, 6.07) is 9.63. The number of carbonyl (C=O) groups excluding carboxylic acids is 1. The van der Waals surface area contributed by atoms with E-state index in [9.17, 15) is 4.79 Å². The molecule has 1 N–H and O–H groups in total. The van der Waals surface area contributed by atoms with Crippen LogP contribution in [-0.4, -0.2) is 27.8 Å². The van der Waals surface area contributed by atoms with E-state index >= 15 is 0 Å². The van der Waals surface area contributed by atoms with Gasteiger partial charge >= 0.3 is 0 Å². The van der Waals surface area contributed by atoms with Gasteiger partial charge in [-0.25, -0.2) is 9.67 Å². The van der Waals surface area contributed by atoms with Gasteiger partial charge in [-0.3, -0.25) is 4.79 Å². The molecule has 3 rings (SSSR count). The summed E-state index contributed by atoms with van der Waals surface area (Å²) in [6.45, 7) is 2.29. The topological polar surface area (TPSA) is 69.0 Å². The molecule has 0 bridgehead atoms. The van der Waals surface area contributed by atoms with Gasteiger partial charge in [0.15, 0.2) is 0 Å². The molecule has 0 fully saturated rings. The number of nitrogens with one attached hydrogen (secondary N) is 1. The Morgan fingerprint density at radius 3 is 2.79 bits per heavy atom. The smallest absolute Gasteiger partial charge is 0.244 e. The molecule has 0 aliphatic heterocycles. The highest BCUT2D eigenvalue weighted by Crippen LogP contribution is 2.27. The third-order valence-electron chi connectivity index (χ3n) is 3.73. The van der Waals surface area contributed by atoms with Gasteiger partial charge in [0.2, 0.25) is 5.91 Å². The molecule has 6 nitrogen and oxygen atoms in total. The zero-order valence-electron chi connectivity index (χ0n) is 13.5. The van der Waals surface area contributed by atoms with Crippen LogP contribution < -0.4 is 10.1 Å². The van der Waals surface area contributed by atoms with Crippen LogP contribution in [0.15, 0.2) is 48.4 Å². The zero-order valence-corrected chi connectivity index (χ0v) is 14.3. The van der Waals surface area contributed by atoms with Crippen molar-refractivity contribution in [3.8, 4) is 16.9 Å². The summed E-state index contributed by atoms with van der Waals surface area (Å²) < 4.78 is 6.71. The second-order valence-electron chi connectivity index (χ2n) is 5.30. The first-order valence-corrected chi connectivity index (χ1v) is 8.39. The molecule has 2 heterocycles. The molecule has 24 heavy (non-hydrogen) atoms. The van der Waals surface area contributed by atoms with Gasteiger partial charge in [-0.15, -0.1) is 11.3 Å². The molecule has 0 saturated heterocycles. The summed E-state index contributed by atoms with van der Waals surface area (Å²) in [7, 11) is 1.65. The fourth-order valence-corrected chi connectivity index (χ4v) is 3.10. The Labute approximate surface area is 144 Å². The lowest BCUT2D eigenvalue weighted by Gasteiger charge is -2.11. The van der Waals surface area contributed by atoms with Gasteiger partial charge in [-0.1, -0.05) is 12.1 Å². The maximum atomic E-state index is 12.2. The van der Waals surface area contributed by atoms with Crippen molar-refractivity contribution in [2.45, 2.75) is 19.5 Å². The molecule has 0 aliphatic rings. The van der Waals surface area contributed by atoms with E-state index in [0.717, 1.165) is 21.8 Å². The highest BCUT2D eigenvalue weighted by atomic mass is 32.1. The quantitative estimate of drug-likeness (QED) is 0.748. The van der Waals surface area contributed by atoms with Gasteiger partial charge in [0.05, 0.1) is 13.7 Å². The van der Waals surface area contributed by atoms with E-state index < -0.39 is 0 Å². The standard InChI is InChI=1S/C17H18N4O2S/c1-12(21-11-18-10-20-21)17(22)19-8-16-7-14(9-24-16)13-3-5-15(23-2)6-4-13/h3-7,9-12H,8H2,1-2H3,(H,19,22). The van der Waals surface area contributed by atoms with Crippen molar-refractivity contribution in [1.29, 1.82) is 0 Å². The molecular formula is C17H18N4O2S. The molecule has 0 aliphatic carbocycles. The number of thiophene rings is 1. The lowest BCUT2D eigenvalue weighted by Crippen LogP contribution is -2.30. The summed E-state index contributed by atoms with van der Waals surface area (Å²) in [5.41, 5.74) is 2.26. The fourth-order valence-electron chi connectivity index (χ4n) is 2.27. The number of carbonyl (C=O) groups is 1. The van der Waals surface area contributed by atoms with Crippen molar-refractivity contribution >= 4 is 17.2 Å². The molecule has 0 spiro atoms. The lowest BCUT2D eigenvalue weighted by atomic mass is 10.1. The first kappa shape index (κ1) is 16.2. The number of benzene rings is 1. The first-order chi connectivity index (χ1) is 11.7. The fraction of sp³-hybridized carbons (Fsp3) is 0.235. The minimum atomic E-state index is -0.381. The number of hydrogen-bond acceptors (Lipinski definition) is 5. The largest absolute Gasteiger partial charge is 0.497 e. The summed E-state index contributed by atoms with van der Waals surface area (Å²) in [6.07, 6.45) is 2.96. The lowest BCUT2D eigenvalue weighted by molar-refractivity contribution is -0.124. The Kier molecular flexibility index (Phi) is 4.90. The second-order valence-corrected chi connectivity index (χ2v) is 6.30. The molecular weight excluding hydrogens is 324 g/mol. The molecule has 1 atom stereocenters. The highest BCUT2D eigenvalue weighted by Gasteiger charge is 2.15. The molecule has 1 aromatic carbocycles. The van der Waals surface area contributed by atoms with Crippen LogP contribution >= 0.6 is 11.3 Å². The van der Waals surface area contributed by atoms with Gasteiger partial charge in [0.25, 0.3) is 0 Å². The third kappa shape index (κ3) is 3.62. The van der Waals surface area contributed by atoms with Crippen molar-refractivity contribution in [1.82, 2.24) is 20.1 Å². The number of hydrogen-bond donors (Lipinski definition) is 1. The van der Waals surface area contributed by atoms with Gasteiger partial charge in [0, 0.05) is 4.88 Å². The van der Waals surface area contributed by atoms with E-state index in [1.807, 2.05) is 24.3 Å². The summed E-state index contributed by atoms with van der Waals surface area (Å²) in [5.74, 6) is 0.753. The van der Waals surface area contributed by atoms with Crippen molar-refractivity contribution in [3.05, 3.63) is 53.2 Å². The van der Waals surface area contributed by atoms with Crippen molar-refractivity contribution in [3.63, 3.8) is 0 Å². The Balaban J connectivity index is 1.60. The van der Waals surface area contributed by atoms with Crippen molar-refractivity contribution in [2.75, 3.05) is 7.11 Å². The van der Waals surface area contributed by atoms with Gasteiger partial charge in [-0.05, 0) is 41.6 Å². The van der Waals surface area contributed by atoms with Crippen LogP contribution in [0.4, 0.5) is 0 Å². The van der Waals surface area contributed by atoms with E-state index in [4.69, 9.17) is 4.74 Å². The molecule has 124 valence electrons. The first-order valence-electron chi connectivity index (χ1n) is 7.51. The maximum absolute atomic E-state index is 12.2. The number of amides is 1. The monoisotopic (exact) mass is 342 g/mol. The number of nitrogens with zero attached hydrogens (tertiary/aromatic N) is 3. The normalized spacial score (nSPS) is 11.9. The van der Waals surface area contributed by atoms with Crippen LogP contribution in [0.5, 0.6) is 5.75 Å². The Morgan fingerprint density at radius 1 is 1.33 bits per heavy atom. The number of ether oxygens (including phenoxy) is 1. The van der Waals surface area contributed by atoms with E-state index in [2.05, 4.69) is 26.8 Å². The average molecular weight is 342 g/mol. The molecule has 3 aromatic rings. The maximum Gasteiger partial charge on any atom is 0.244 e. The molecule has 7 heteroatoms. The zero-order chi connectivity index (χ0) is 16.9. The molecule has 2 aromatic heterocycles. The van der Waals surface area contributed by atoms with Gasteiger partial charge < -0.3 is 10.1 Å². The van der Waals surface area contributed by atoms with E-state index in [-0.39, 0.29) is 11.9 Å². The summed E-state index contributed by atoms with van der Waals surface area (Å²) >= 11 is 1.62. The minimum absolute atomic E-state index is 0.0834. The van der Waals surface area contributed by atoms with E-state index in [1.165, 1.54) is 17.3 Å². The molecule has 0 saturated carbocycles. The van der Waals surface area contributed by atoms with Crippen LogP contribution in [0.3, 0.4) is 0 Å². The summed E-state index contributed by atoms with van der Waals surface area (Å²) in [4.78, 5) is 17.1. The Bertz CT molecular complexity index is 796. The second kappa shape index (κ2) is 7.27. The van der Waals surface area contributed by atoms with Crippen molar-refractivity contribution in [2.24, 2.45) is 0 Å². The molecule has 1 unspecified atom stereocenters. The Morgan fingerprint density at radius 2 is 2.12 bits per heavy atom. The van der Waals surface area contributed by atoms with Crippen molar-refractivity contribution < 1.29 is 9.53 Å². The summed E-state index contributed by atoms with van der Waals surface area (Å²) in [5, 5.41) is 9.01. The SMILES string of the molecule is COc1ccc(-c2csc(CNC(=O)C(C)n3cncn3)c2)cc1. The van der Waals surface area contributed by atoms with Crippen LogP contribution in [0.1, 0.15) is 17.8 Å². The van der Waals surface area contributed by atoms with E-state index in [0.29, 0.717) is 6.54 Å². The van der Waals surface area contributed by atoms with Crippen LogP contribution in [-0.2, 0) is 11.3 Å². The minimum Gasteiger partial charge on any atom is -0.497 e. The number of rotatable bonds is 6. The van der Waals surface area contributed by atoms with Crippen LogP contribution in [0.2, 0.25) is 0 Å². The van der Waals surface area contributed by atoms with Gasteiger partial charge in [0.1, 0.15) is 24.4 Å². The van der Waals surface area contributed by atoms with Crippen LogP contribution in [0, 0.1) is 0 Å². The third-order valence-corrected chi connectivity index (χ3v) is 4.66. The number of methoxy groups -OCH3 is 1.